The van der Waals surface area contributed by atoms with Gasteiger partial charge in [-0.15, -0.1) is 0 Å². The lowest BCUT2D eigenvalue weighted by atomic mass is 10.2. The van der Waals surface area contributed by atoms with Crippen LogP contribution in [0, 0.1) is 0 Å². The van der Waals surface area contributed by atoms with Gasteiger partial charge < -0.3 is 20.5 Å². The van der Waals surface area contributed by atoms with E-state index in [9.17, 15) is 4.79 Å². The van der Waals surface area contributed by atoms with Gasteiger partial charge in [0.05, 0.1) is 19.8 Å². The Bertz CT molecular complexity index is 366. The largest absolute Gasteiger partial charge is 0.394 e. The van der Waals surface area contributed by atoms with Gasteiger partial charge in [-0.05, 0) is 11.6 Å². The average molecular weight is 250 g/mol. The van der Waals surface area contributed by atoms with Crippen molar-refractivity contribution in [1.29, 1.82) is 0 Å². The predicted molar refractivity (Wildman–Crippen MR) is 69.9 cm³/mol. The van der Waals surface area contributed by atoms with Gasteiger partial charge in [-0.25, -0.2) is 4.79 Å². The summed E-state index contributed by atoms with van der Waals surface area (Å²) in [5.74, 6) is 0. The van der Waals surface area contributed by atoms with E-state index in [1.165, 1.54) is 0 Å². The molecular weight excluding hydrogens is 232 g/mol. The molecule has 0 aromatic heterocycles. The third-order valence-electron chi connectivity index (χ3n) is 2.06. The maximum Gasteiger partial charge on any atom is 0.318 e. The summed E-state index contributed by atoms with van der Waals surface area (Å²) in [5, 5.41) is 13.7. The Hall–Kier alpha value is -1.85. The smallest absolute Gasteiger partial charge is 0.318 e. The lowest BCUT2D eigenvalue weighted by Crippen LogP contribution is -2.34. The highest BCUT2D eigenvalue weighted by molar-refractivity contribution is 5.75. The van der Waals surface area contributed by atoms with E-state index < -0.39 is 0 Å². The van der Waals surface area contributed by atoms with Crippen molar-refractivity contribution in [2.45, 2.75) is 0 Å². The maximum atomic E-state index is 11.3. The Labute approximate surface area is 106 Å². The van der Waals surface area contributed by atoms with E-state index in [-0.39, 0.29) is 19.2 Å². The number of benzene rings is 1. The molecule has 0 aliphatic carbocycles. The third-order valence-corrected chi connectivity index (χ3v) is 2.06. The van der Waals surface area contributed by atoms with Crippen LogP contribution in [-0.2, 0) is 4.74 Å². The van der Waals surface area contributed by atoms with Crippen molar-refractivity contribution in [3.8, 4) is 0 Å². The molecule has 0 aliphatic rings. The van der Waals surface area contributed by atoms with Crippen LogP contribution in [0.2, 0.25) is 0 Å². The van der Waals surface area contributed by atoms with Crippen LogP contribution in [0.15, 0.2) is 36.5 Å². The van der Waals surface area contributed by atoms with Crippen LogP contribution in [0.5, 0.6) is 0 Å². The average Bonchev–Trinajstić information content (AvgIpc) is 2.40. The molecule has 0 radical (unpaired) electrons. The minimum atomic E-state index is -0.283. The summed E-state index contributed by atoms with van der Waals surface area (Å²) in [6, 6.07) is 9.40. The van der Waals surface area contributed by atoms with E-state index in [1.54, 1.807) is 6.20 Å². The fraction of sp³-hybridized carbons (Fsp3) is 0.308. The summed E-state index contributed by atoms with van der Waals surface area (Å²) in [5.41, 5.74) is 1.02. The lowest BCUT2D eigenvalue weighted by molar-refractivity contribution is 0.0948. The number of hydrogen-bond acceptors (Lipinski definition) is 3. The molecule has 0 bridgehead atoms. The van der Waals surface area contributed by atoms with Crippen LogP contribution in [0.25, 0.3) is 6.08 Å². The van der Waals surface area contributed by atoms with Crippen molar-refractivity contribution in [2.24, 2.45) is 0 Å². The molecule has 5 heteroatoms. The zero-order chi connectivity index (χ0) is 13.1. The maximum absolute atomic E-state index is 11.3. The van der Waals surface area contributed by atoms with Crippen molar-refractivity contribution in [2.75, 3.05) is 26.4 Å². The molecule has 3 N–H and O–H groups in total. The van der Waals surface area contributed by atoms with E-state index >= 15 is 0 Å². The standard InChI is InChI=1S/C13H18N2O3/c16-9-11-18-10-8-15-13(17)14-7-6-12-4-2-1-3-5-12/h1-7,16H,8-11H2,(H2,14,15,17)/b7-6+. The molecule has 0 atom stereocenters. The van der Waals surface area contributed by atoms with Crippen molar-refractivity contribution in [1.82, 2.24) is 10.6 Å². The Balaban J connectivity index is 2.11. The number of rotatable bonds is 7. The second-order valence-electron chi connectivity index (χ2n) is 3.48. The summed E-state index contributed by atoms with van der Waals surface area (Å²) < 4.78 is 5.00. The van der Waals surface area contributed by atoms with E-state index in [2.05, 4.69) is 10.6 Å². The first kappa shape index (κ1) is 14.2. The van der Waals surface area contributed by atoms with Gasteiger partial charge in [-0.3, -0.25) is 0 Å². The third kappa shape index (κ3) is 6.67. The van der Waals surface area contributed by atoms with Crippen molar-refractivity contribution in [3.63, 3.8) is 0 Å². The number of ether oxygens (including phenoxy) is 1. The first-order valence-electron chi connectivity index (χ1n) is 5.77. The Morgan fingerprint density at radius 2 is 2.06 bits per heavy atom. The second-order valence-corrected chi connectivity index (χ2v) is 3.48. The minimum absolute atomic E-state index is 0.00793. The van der Waals surface area contributed by atoms with Crippen molar-refractivity contribution in [3.05, 3.63) is 42.1 Å². The molecule has 1 rings (SSSR count). The number of hydrogen-bond donors (Lipinski definition) is 3. The van der Waals surface area contributed by atoms with E-state index in [0.29, 0.717) is 13.2 Å². The number of carbonyl (C=O) groups is 1. The first-order valence-corrected chi connectivity index (χ1v) is 5.77. The quantitative estimate of drug-likeness (QED) is 0.631. The number of aliphatic hydroxyl groups excluding tert-OH is 1. The zero-order valence-electron chi connectivity index (χ0n) is 10.1. The van der Waals surface area contributed by atoms with Gasteiger partial charge in [0.25, 0.3) is 0 Å². The van der Waals surface area contributed by atoms with Gasteiger partial charge in [0, 0.05) is 12.7 Å². The highest BCUT2D eigenvalue weighted by Crippen LogP contribution is 1.99. The fourth-order valence-electron chi connectivity index (χ4n) is 1.23. The normalized spacial score (nSPS) is 10.5. The van der Waals surface area contributed by atoms with Gasteiger partial charge in [0.15, 0.2) is 0 Å². The number of urea groups is 1. The number of amides is 2. The highest BCUT2D eigenvalue weighted by atomic mass is 16.5. The van der Waals surface area contributed by atoms with Gasteiger partial charge in [0.1, 0.15) is 0 Å². The summed E-state index contributed by atoms with van der Waals surface area (Å²) >= 11 is 0. The number of carbonyl (C=O) groups excluding carboxylic acids is 1. The zero-order valence-corrected chi connectivity index (χ0v) is 10.1. The summed E-state index contributed by atoms with van der Waals surface area (Å²) in [4.78, 5) is 11.3. The Kier molecular flexibility index (Phi) is 7.27. The number of aliphatic hydroxyl groups is 1. The first-order chi connectivity index (χ1) is 8.83. The fourth-order valence-corrected chi connectivity index (χ4v) is 1.23. The molecule has 1 aromatic rings. The van der Waals surface area contributed by atoms with E-state index in [4.69, 9.17) is 9.84 Å². The van der Waals surface area contributed by atoms with Gasteiger partial charge in [-0.2, -0.15) is 0 Å². The Morgan fingerprint density at radius 1 is 1.28 bits per heavy atom. The molecule has 0 unspecified atom stereocenters. The summed E-state index contributed by atoms with van der Waals surface area (Å²) in [6.45, 7) is 1.07. The lowest BCUT2D eigenvalue weighted by Gasteiger charge is -2.04. The SMILES string of the molecule is O=C(N/C=C/c1ccccc1)NCCOCCO. The van der Waals surface area contributed by atoms with Crippen LogP contribution >= 0.6 is 0 Å². The molecule has 98 valence electrons. The van der Waals surface area contributed by atoms with Gasteiger partial charge in [0.2, 0.25) is 0 Å². The summed E-state index contributed by atoms with van der Waals surface area (Å²) in [6.07, 6.45) is 3.39. The molecule has 1 aromatic carbocycles. The van der Waals surface area contributed by atoms with Crippen LogP contribution in [0.4, 0.5) is 4.79 Å². The van der Waals surface area contributed by atoms with Crippen molar-refractivity contribution >= 4 is 12.1 Å². The molecule has 2 amide bonds. The van der Waals surface area contributed by atoms with Crippen molar-refractivity contribution < 1.29 is 14.6 Å². The topological polar surface area (TPSA) is 70.6 Å². The molecule has 0 saturated carbocycles. The molecule has 18 heavy (non-hydrogen) atoms. The van der Waals surface area contributed by atoms with E-state index in [1.807, 2.05) is 36.4 Å². The van der Waals surface area contributed by atoms with Crippen LogP contribution in [-0.4, -0.2) is 37.5 Å². The molecule has 0 aliphatic heterocycles. The molecule has 0 fully saturated rings. The minimum Gasteiger partial charge on any atom is -0.394 e. The molecule has 0 spiro atoms. The van der Waals surface area contributed by atoms with Crippen LogP contribution in [0.3, 0.4) is 0 Å². The second kappa shape index (κ2) is 9.21. The predicted octanol–water partition coefficient (Wildman–Crippen LogP) is 0.965. The number of nitrogens with one attached hydrogen (secondary N) is 2. The van der Waals surface area contributed by atoms with E-state index in [0.717, 1.165) is 5.56 Å². The monoisotopic (exact) mass is 250 g/mol. The molecule has 0 heterocycles. The molecular formula is C13H18N2O3. The molecule has 0 saturated heterocycles. The molecule has 5 nitrogen and oxygen atoms in total. The van der Waals surface area contributed by atoms with Crippen LogP contribution < -0.4 is 10.6 Å². The van der Waals surface area contributed by atoms with Crippen LogP contribution in [0.1, 0.15) is 5.56 Å². The van der Waals surface area contributed by atoms with Gasteiger partial charge >= 0.3 is 6.03 Å². The van der Waals surface area contributed by atoms with Gasteiger partial charge in [-0.1, -0.05) is 30.3 Å². The highest BCUT2D eigenvalue weighted by Gasteiger charge is 1.95. The summed E-state index contributed by atoms with van der Waals surface area (Å²) in [7, 11) is 0. The Morgan fingerprint density at radius 3 is 2.78 bits per heavy atom.